The van der Waals surface area contributed by atoms with Crippen molar-refractivity contribution in [1.82, 2.24) is 9.97 Å². The van der Waals surface area contributed by atoms with Crippen molar-refractivity contribution in [2.75, 3.05) is 11.9 Å². The van der Waals surface area contributed by atoms with Gasteiger partial charge in [0.2, 0.25) is 0 Å². The number of aromatic nitrogens is 2. The van der Waals surface area contributed by atoms with Crippen LogP contribution in [0.3, 0.4) is 0 Å². The van der Waals surface area contributed by atoms with Crippen LogP contribution >= 0.6 is 23.2 Å². The van der Waals surface area contributed by atoms with Crippen molar-refractivity contribution in [3.63, 3.8) is 0 Å². The van der Waals surface area contributed by atoms with Crippen molar-refractivity contribution in [1.29, 1.82) is 0 Å². The van der Waals surface area contributed by atoms with E-state index in [9.17, 15) is 0 Å². The molecule has 2 aromatic rings. The van der Waals surface area contributed by atoms with Gasteiger partial charge in [0.1, 0.15) is 5.69 Å². The zero-order chi connectivity index (χ0) is 14.0. The topological polar surface area (TPSA) is 37.8 Å². The van der Waals surface area contributed by atoms with Gasteiger partial charge in [-0.1, -0.05) is 29.3 Å². The average molecular weight is 296 g/mol. The van der Waals surface area contributed by atoms with Crippen molar-refractivity contribution in [3.8, 4) is 11.3 Å². The molecule has 0 aliphatic heterocycles. The van der Waals surface area contributed by atoms with E-state index < -0.39 is 0 Å². The molecule has 0 bridgehead atoms. The number of rotatable bonds is 3. The summed E-state index contributed by atoms with van der Waals surface area (Å²) in [5, 5.41) is 4.28. The van der Waals surface area contributed by atoms with Crippen LogP contribution in [0.5, 0.6) is 0 Å². The van der Waals surface area contributed by atoms with Crippen LogP contribution in [0, 0.1) is 13.8 Å². The maximum Gasteiger partial charge on any atom is 0.152 e. The molecule has 0 aliphatic rings. The first-order valence-electron chi connectivity index (χ1n) is 6.07. The first-order valence-corrected chi connectivity index (χ1v) is 6.83. The highest BCUT2D eigenvalue weighted by Crippen LogP contribution is 2.31. The van der Waals surface area contributed by atoms with Crippen molar-refractivity contribution >= 4 is 29.0 Å². The van der Waals surface area contributed by atoms with E-state index in [0.717, 1.165) is 35.0 Å². The maximum atomic E-state index is 6.06. The molecular weight excluding hydrogens is 281 g/mol. The molecule has 3 nitrogen and oxygen atoms in total. The van der Waals surface area contributed by atoms with Crippen LogP contribution in [0.4, 0.5) is 5.82 Å². The predicted molar refractivity (Wildman–Crippen MR) is 81.1 cm³/mol. The first-order chi connectivity index (χ1) is 9.02. The third-order valence-electron chi connectivity index (χ3n) is 2.84. The van der Waals surface area contributed by atoms with Gasteiger partial charge >= 0.3 is 0 Å². The van der Waals surface area contributed by atoms with Gasteiger partial charge < -0.3 is 5.32 Å². The maximum absolute atomic E-state index is 6.06. The molecule has 100 valence electrons. The van der Waals surface area contributed by atoms with E-state index in [2.05, 4.69) is 15.3 Å². The van der Waals surface area contributed by atoms with Crippen LogP contribution in [-0.2, 0) is 0 Å². The molecule has 0 amide bonds. The summed E-state index contributed by atoms with van der Waals surface area (Å²) < 4.78 is 0. The predicted octanol–water partition coefficient (Wildman–Crippen LogP) is 4.50. The zero-order valence-electron chi connectivity index (χ0n) is 11.1. The molecule has 0 spiro atoms. The van der Waals surface area contributed by atoms with Crippen LogP contribution in [0.1, 0.15) is 18.3 Å². The summed E-state index contributed by atoms with van der Waals surface area (Å²) in [5.41, 5.74) is 3.52. The summed E-state index contributed by atoms with van der Waals surface area (Å²) in [6.45, 7) is 6.70. The van der Waals surface area contributed by atoms with E-state index >= 15 is 0 Å². The summed E-state index contributed by atoms with van der Waals surface area (Å²) in [6, 6.07) is 5.48. The van der Waals surface area contributed by atoms with Crippen LogP contribution in [0.25, 0.3) is 11.3 Å². The molecule has 0 saturated heterocycles. The van der Waals surface area contributed by atoms with E-state index in [1.54, 1.807) is 6.07 Å². The molecule has 1 N–H and O–H groups in total. The van der Waals surface area contributed by atoms with Gasteiger partial charge in [-0.15, -0.1) is 0 Å². The molecule has 0 atom stereocenters. The van der Waals surface area contributed by atoms with E-state index in [0.29, 0.717) is 10.0 Å². The zero-order valence-corrected chi connectivity index (χ0v) is 12.6. The molecule has 1 aromatic carbocycles. The fourth-order valence-corrected chi connectivity index (χ4v) is 2.04. The molecule has 0 radical (unpaired) electrons. The van der Waals surface area contributed by atoms with E-state index in [-0.39, 0.29) is 0 Å². The third kappa shape index (κ3) is 2.99. The van der Waals surface area contributed by atoms with E-state index in [1.165, 1.54) is 0 Å². The van der Waals surface area contributed by atoms with Crippen LogP contribution in [-0.4, -0.2) is 16.5 Å². The summed E-state index contributed by atoms with van der Waals surface area (Å²) in [4.78, 5) is 9.15. The van der Waals surface area contributed by atoms with Crippen molar-refractivity contribution < 1.29 is 0 Å². The molecule has 2 rings (SSSR count). The van der Waals surface area contributed by atoms with Gasteiger partial charge in [0.15, 0.2) is 5.82 Å². The number of hydrogen-bond donors (Lipinski definition) is 1. The fraction of sp³-hybridized carbons (Fsp3) is 0.286. The molecule has 0 fully saturated rings. The Labute approximate surface area is 123 Å². The summed E-state index contributed by atoms with van der Waals surface area (Å²) in [6.07, 6.45) is 0. The number of hydrogen-bond acceptors (Lipinski definition) is 3. The van der Waals surface area contributed by atoms with Gasteiger partial charge in [-0.2, -0.15) is 0 Å². The number of aryl methyl sites for hydroxylation is 2. The largest absolute Gasteiger partial charge is 0.369 e. The van der Waals surface area contributed by atoms with Crippen LogP contribution in [0.2, 0.25) is 10.0 Å². The lowest BCUT2D eigenvalue weighted by molar-refractivity contribution is 1.03. The molecular formula is C14H15Cl2N3. The summed E-state index contributed by atoms with van der Waals surface area (Å²) in [5.74, 6) is 0.768. The van der Waals surface area contributed by atoms with Crippen molar-refractivity contribution in [2.24, 2.45) is 0 Å². The quantitative estimate of drug-likeness (QED) is 0.906. The number of anilines is 1. The highest BCUT2D eigenvalue weighted by molar-refractivity contribution is 6.42. The lowest BCUT2D eigenvalue weighted by atomic mass is 10.1. The second kappa shape index (κ2) is 5.76. The average Bonchev–Trinajstić information content (AvgIpc) is 2.37. The fourth-order valence-electron chi connectivity index (χ4n) is 1.74. The molecule has 5 heteroatoms. The van der Waals surface area contributed by atoms with E-state index in [4.69, 9.17) is 23.2 Å². The monoisotopic (exact) mass is 295 g/mol. The minimum absolute atomic E-state index is 0.515. The Morgan fingerprint density at radius 2 is 1.74 bits per heavy atom. The number of nitrogens with one attached hydrogen (secondary N) is 1. The second-order valence-electron chi connectivity index (χ2n) is 4.25. The van der Waals surface area contributed by atoms with Gasteiger partial charge in [-0.25, -0.2) is 9.97 Å². The van der Waals surface area contributed by atoms with Gasteiger partial charge in [-0.3, -0.25) is 0 Å². The van der Waals surface area contributed by atoms with Gasteiger partial charge in [0.05, 0.1) is 21.4 Å². The highest BCUT2D eigenvalue weighted by Gasteiger charge is 2.12. The van der Waals surface area contributed by atoms with E-state index in [1.807, 2.05) is 32.9 Å². The van der Waals surface area contributed by atoms with Crippen LogP contribution in [0.15, 0.2) is 18.2 Å². The minimum atomic E-state index is 0.515. The molecule has 0 unspecified atom stereocenters. The minimum Gasteiger partial charge on any atom is -0.369 e. The summed E-state index contributed by atoms with van der Waals surface area (Å²) >= 11 is 12.0. The molecule has 1 heterocycles. The van der Waals surface area contributed by atoms with Gasteiger partial charge in [0.25, 0.3) is 0 Å². The normalized spacial score (nSPS) is 10.6. The van der Waals surface area contributed by atoms with Crippen molar-refractivity contribution in [3.05, 3.63) is 39.6 Å². The first kappa shape index (κ1) is 14.1. The Balaban J connectivity index is 2.59. The molecule has 0 aliphatic carbocycles. The standard InChI is InChI=1S/C14H15Cl2N3/c1-4-17-14-13(18-8(2)9(3)19-14)10-5-6-11(15)12(16)7-10/h5-7H,4H2,1-3H3,(H,17,19). The van der Waals surface area contributed by atoms with Gasteiger partial charge in [-0.05, 0) is 32.9 Å². The third-order valence-corrected chi connectivity index (χ3v) is 3.58. The Morgan fingerprint density at radius 1 is 1.05 bits per heavy atom. The number of nitrogens with zero attached hydrogens (tertiary/aromatic N) is 2. The smallest absolute Gasteiger partial charge is 0.152 e. The SMILES string of the molecule is CCNc1nc(C)c(C)nc1-c1ccc(Cl)c(Cl)c1. The Bertz CT molecular complexity index is 612. The lowest BCUT2D eigenvalue weighted by Gasteiger charge is -2.12. The van der Waals surface area contributed by atoms with Crippen LogP contribution < -0.4 is 5.32 Å². The highest BCUT2D eigenvalue weighted by atomic mass is 35.5. The summed E-state index contributed by atoms with van der Waals surface area (Å²) in [7, 11) is 0. The Hall–Kier alpha value is -1.32. The number of halogens is 2. The Morgan fingerprint density at radius 3 is 2.37 bits per heavy atom. The van der Waals surface area contributed by atoms with Gasteiger partial charge in [0, 0.05) is 12.1 Å². The molecule has 1 aromatic heterocycles. The second-order valence-corrected chi connectivity index (χ2v) is 5.07. The molecule has 0 saturated carbocycles. The Kier molecular flexibility index (Phi) is 4.27. The molecule has 19 heavy (non-hydrogen) atoms. The number of benzene rings is 1. The lowest BCUT2D eigenvalue weighted by Crippen LogP contribution is -2.06. The van der Waals surface area contributed by atoms with Crippen molar-refractivity contribution in [2.45, 2.75) is 20.8 Å².